The van der Waals surface area contributed by atoms with E-state index in [2.05, 4.69) is 25.9 Å². The highest BCUT2D eigenvalue weighted by atomic mass is 35.5. The Labute approximate surface area is 246 Å². The van der Waals surface area contributed by atoms with Crippen molar-refractivity contribution < 1.29 is 19.7 Å². The maximum absolute atomic E-state index is 8.75. The van der Waals surface area contributed by atoms with Crippen LogP contribution in [-0.4, -0.2) is 60.7 Å². The molecule has 2 aromatic carbocycles. The number of hydrogen-bond acceptors (Lipinski definition) is 10. The summed E-state index contributed by atoms with van der Waals surface area (Å²) >= 11 is 5.79. The second kappa shape index (κ2) is 19.9. The fraction of sp³-hybridized carbons (Fsp3) is 0.267. The molecule has 4 aromatic rings. The van der Waals surface area contributed by atoms with Crippen LogP contribution < -0.4 is 31.2 Å². The molecule has 0 aliphatic heterocycles. The summed E-state index contributed by atoms with van der Waals surface area (Å²) in [4.78, 5) is 8.58. The molecule has 0 radical (unpaired) electrons. The van der Waals surface area contributed by atoms with E-state index in [-0.39, 0.29) is 13.2 Å². The van der Waals surface area contributed by atoms with Gasteiger partial charge in [0.25, 0.3) is 0 Å². The molecule has 41 heavy (non-hydrogen) atoms. The minimum atomic E-state index is 0.177. The summed E-state index contributed by atoms with van der Waals surface area (Å²) in [5, 5.41) is 26.7. The molecule has 0 fully saturated rings. The van der Waals surface area contributed by atoms with Gasteiger partial charge in [0.1, 0.15) is 34.1 Å². The fourth-order valence-electron chi connectivity index (χ4n) is 3.11. The van der Waals surface area contributed by atoms with Gasteiger partial charge in [0.05, 0.1) is 14.2 Å². The number of aliphatic hydroxyl groups is 2. The van der Waals surface area contributed by atoms with E-state index < -0.39 is 0 Å². The van der Waals surface area contributed by atoms with Crippen LogP contribution in [0.2, 0.25) is 5.15 Å². The molecule has 0 unspecified atom stereocenters. The van der Waals surface area contributed by atoms with E-state index in [4.69, 9.17) is 37.0 Å². The maximum atomic E-state index is 8.75. The van der Waals surface area contributed by atoms with Crippen LogP contribution in [0.5, 0.6) is 11.5 Å². The number of rotatable bonds is 12. The zero-order chi connectivity index (χ0) is 29.7. The van der Waals surface area contributed by atoms with Crippen LogP contribution in [0, 0.1) is 0 Å². The van der Waals surface area contributed by atoms with Crippen LogP contribution in [0.1, 0.15) is 12.8 Å². The number of aromatic nitrogens is 2. The van der Waals surface area contributed by atoms with Gasteiger partial charge in [-0.05, 0) is 92.2 Å². The molecule has 0 spiro atoms. The van der Waals surface area contributed by atoms with Crippen molar-refractivity contribution in [1.29, 1.82) is 0 Å². The summed E-state index contributed by atoms with van der Waals surface area (Å²) in [7, 11) is 3.28. The molecule has 2 aromatic heterocycles. The van der Waals surface area contributed by atoms with Crippen molar-refractivity contribution in [2.24, 2.45) is 5.73 Å². The minimum Gasteiger partial charge on any atom is -0.497 e. The Morgan fingerprint density at radius 2 is 1.17 bits per heavy atom. The summed E-state index contributed by atoms with van der Waals surface area (Å²) in [6.07, 6.45) is 1.43. The smallest absolute Gasteiger partial charge is 0.132 e. The molecule has 2 heterocycles. The van der Waals surface area contributed by atoms with E-state index in [1.165, 1.54) is 0 Å². The number of halogens is 1. The van der Waals surface area contributed by atoms with Gasteiger partial charge in [0, 0.05) is 31.1 Å². The van der Waals surface area contributed by atoms with Crippen LogP contribution in [0.3, 0.4) is 0 Å². The molecule has 4 rings (SSSR count). The monoisotopic (exact) mass is 582 g/mol. The second-order valence-electron chi connectivity index (χ2n) is 8.33. The van der Waals surface area contributed by atoms with Crippen molar-refractivity contribution in [3.63, 3.8) is 0 Å². The van der Waals surface area contributed by atoms with E-state index in [1.807, 2.05) is 78.9 Å². The van der Waals surface area contributed by atoms with Crippen molar-refractivity contribution in [1.82, 2.24) is 9.97 Å². The van der Waals surface area contributed by atoms with Gasteiger partial charge in [-0.25, -0.2) is 9.97 Å². The third-order valence-electron chi connectivity index (χ3n) is 5.19. The number of ether oxygens (including phenoxy) is 2. The van der Waals surface area contributed by atoms with Gasteiger partial charge in [-0.1, -0.05) is 23.7 Å². The third-order valence-corrected chi connectivity index (χ3v) is 5.40. The first-order chi connectivity index (χ1) is 20.0. The van der Waals surface area contributed by atoms with Crippen LogP contribution in [0.25, 0.3) is 0 Å². The van der Waals surface area contributed by atoms with E-state index in [0.29, 0.717) is 24.7 Å². The first-order valence-corrected chi connectivity index (χ1v) is 13.5. The third kappa shape index (κ3) is 13.7. The largest absolute Gasteiger partial charge is 0.497 e. The number of hydrogen-bond donors (Lipinski definition) is 6. The van der Waals surface area contributed by atoms with Gasteiger partial charge in [-0.3, -0.25) is 0 Å². The summed E-state index contributed by atoms with van der Waals surface area (Å²) in [5.74, 6) is 3.92. The summed E-state index contributed by atoms with van der Waals surface area (Å²) in [6.45, 7) is 1.69. The zero-order valence-electron chi connectivity index (χ0n) is 23.4. The lowest BCUT2D eigenvalue weighted by molar-refractivity contribution is 0.291. The molecule has 0 saturated carbocycles. The van der Waals surface area contributed by atoms with Crippen molar-refractivity contribution in [3.8, 4) is 11.5 Å². The van der Waals surface area contributed by atoms with Gasteiger partial charge >= 0.3 is 0 Å². The molecule has 7 N–H and O–H groups in total. The van der Waals surface area contributed by atoms with Crippen LogP contribution in [0.15, 0.2) is 84.9 Å². The molecule has 0 bridgehead atoms. The Kier molecular flexibility index (Phi) is 16.1. The van der Waals surface area contributed by atoms with Gasteiger partial charge < -0.3 is 41.4 Å². The Hall–Kier alpha value is -4.09. The topological polar surface area (TPSA) is 147 Å². The Morgan fingerprint density at radius 3 is 1.61 bits per heavy atom. The highest BCUT2D eigenvalue weighted by molar-refractivity contribution is 6.29. The lowest BCUT2D eigenvalue weighted by atomic mass is 10.3. The summed E-state index contributed by atoms with van der Waals surface area (Å²) in [5.41, 5.74) is 6.87. The average molecular weight is 583 g/mol. The quantitative estimate of drug-likeness (QED) is 0.0942. The first kappa shape index (κ1) is 33.1. The number of nitrogens with one attached hydrogen (secondary N) is 3. The number of methoxy groups -OCH3 is 2. The first-order valence-electron chi connectivity index (χ1n) is 13.1. The highest BCUT2D eigenvalue weighted by Gasteiger charge is 2.00. The van der Waals surface area contributed by atoms with Crippen LogP contribution in [-0.2, 0) is 0 Å². The van der Waals surface area contributed by atoms with Crippen molar-refractivity contribution in [2.75, 3.05) is 56.5 Å². The average Bonchev–Trinajstić information content (AvgIpc) is 2.99. The Bertz CT molecular complexity index is 1240. The maximum Gasteiger partial charge on any atom is 0.132 e. The molecule has 10 nitrogen and oxygen atoms in total. The predicted molar refractivity (Wildman–Crippen MR) is 167 cm³/mol. The van der Waals surface area contributed by atoms with Gasteiger partial charge in [0.15, 0.2) is 0 Å². The van der Waals surface area contributed by atoms with Crippen molar-refractivity contribution >= 4 is 40.4 Å². The second-order valence-corrected chi connectivity index (χ2v) is 8.72. The lowest BCUT2D eigenvalue weighted by Crippen LogP contribution is -2.05. The van der Waals surface area contributed by atoms with Gasteiger partial charge in [-0.2, -0.15) is 0 Å². The molecule has 11 heteroatoms. The zero-order valence-corrected chi connectivity index (χ0v) is 24.1. The van der Waals surface area contributed by atoms with Crippen LogP contribution >= 0.6 is 11.6 Å². The van der Waals surface area contributed by atoms with Gasteiger partial charge in [0.2, 0.25) is 0 Å². The Balaban J connectivity index is 0.000000251. The molecule has 0 amide bonds. The molecule has 0 saturated heterocycles. The molecular weight excluding hydrogens is 544 g/mol. The van der Waals surface area contributed by atoms with Crippen LogP contribution in [0.4, 0.5) is 28.8 Å². The number of nitrogens with zero attached hydrogens (tertiary/aromatic N) is 2. The van der Waals surface area contributed by atoms with Gasteiger partial charge in [-0.15, -0.1) is 0 Å². The molecule has 0 aliphatic rings. The number of pyridine rings is 2. The Morgan fingerprint density at radius 1 is 0.683 bits per heavy atom. The molecule has 220 valence electrons. The normalized spacial score (nSPS) is 9.80. The number of benzene rings is 2. The lowest BCUT2D eigenvalue weighted by Gasteiger charge is -2.09. The van der Waals surface area contributed by atoms with Crippen molar-refractivity contribution in [3.05, 3.63) is 90.1 Å². The fourth-order valence-corrected chi connectivity index (χ4v) is 3.28. The van der Waals surface area contributed by atoms with E-state index >= 15 is 0 Å². The highest BCUT2D eigenvalue weighted by Crippen LogP contribution is 2.20. The van der Waals surface area contributed by atoms with E-state index in [9.17, 15) is 0 Å². The predicted octanol–water partition coefficient (Wildman–Crippen LogP) is 5.44. The molecular formula is C30H39ClN6O4. The molecule has 0 aliphatic carbocycles. The van der Waals surface area contributed by atoms with E-state index in [1.54, 1.807) is 20.3 Å². The van der Waals surface area contributed by atoms with Crippen molar-refractivity contribution in [2.45, 2.75) is 12.8 Å². The summed E-state index contributed by atoms with van der Waals surface area (Å²) in [6, 6.07) is 26.4. The number of nitrogens with two attached hydrogens (primary N) is 1. The number of anilines is 5. The SMILES string of the molecule is COc1ccc(Nc2cccc(Cl)n2)cc1.COc1ccc(Nc2cccc(NCCCO)n2)cc1.NCCCO. The number of aliphatic hydroxyl groups excluding tert-OH is 2. The van der Waals surface area contributed by atoms with E-state index in [0.717, 1.165) is 46.7 Å². The summed E-state index contributed by atoms with van der Waals surface area (Å²) < 4.78 is 10.2. The standard InChI is InChI=1S/C15H19N3O2.C12H11ClN2O.C3H9NO/c1-20-13-8-6-12(7-9-13)17-15-5-2-4-14(18-15)16-10-3-11-19;1-16-10-7-5-9(6-8-10)14-12-4-2-3-11(13)15-12;4-2-1-3-5/h2,4-9,19H,3,10-11H2,1H3,(H2,16,17,18);2-8H,1H3,(H,14,15);5H,1-4H2. The minimum absolute atomic E-state index is 0.177. The molecule has 0 atom stereocenters.